The molecule has 0 fully saturated rings. The monoisotopic (exact) mass is 376 g/mol. The molecular formula is C19H21ClN2O4. The lowest BCUT2D eigenvalue weighted by Gasteiger charge is -2.22. The van der Waals surface area contributed by atoms with Gasteiger partial charge in [0.1, 0.15) is 11.5 Å². The molecule has 0 bridgehead atoms. The number of methoxy groups -OCH3 is 1. The molecule has 0 aliphatic heterocycles. The number of halogens is 1. The highest BCUT2D eigenvalue weighted by molar-refractivity contribution is 6.32. The number of carbonyl (C=O) groups is 2. The highest BCUT2D eigenvalue weighted by atomic mass is 35.5. The summed E-state index contributed by atoms with van der Waals surface area (Å²) in [5, 5.41) is 3.15. The van der Waals surface area contributed by atoms with Crippen molar-refractivity contribution in [3.05, 3.63) is 53.6 Å². The third kappa shape index (κ3) is 5.39. The number of hydrogen-bond acceptors (Lipinski definition) is 4. The van der Waals surface area contributed by atoms with Gasteiger partial charge in [0.25, 0.3) is 5.91 Å². The molecule has 1 atom stereocenters. The second kappa shape index (κ2) is 9.10. The lowest BCUT2D eigenvalue weighted by Crippen LogP contribution is -2.42. The molecule has 0 aliphatic rings. The topological polar surface area (TPSA) is 67.9 Å². The predicted molar refractivity (Wildman–Crippen MR) is 101 cm³/mol. The van der Waals surface area contributed by atoms with Crippen LogP contribution in [-0.4, -0.2) is 43.5 Å². The minimum Gasteiger partial charge on any atom is -0.497 e. The van der Waals surface area contributed by atoms with E-state index in [9.17, 15) is 9.59 Å². The van der Waals surface area contributed by atoms with Crippen molar-refractivity contribution in [2.75, 3.05) is 26.0 Å². The van der Waals surface area contributed by atoms with Gasteiger partial charge in [-0.05, 0) is 31.2 Å². The second-order valence-electron chi connectivity index (χ2n) is 5.66. The quantitative estimate of drug-likeness (QED) is 0.805. The molecule has 0 aromatic heterocycles. The molecule has 2 aromatic rings. The molecule has 2 rings (SSSR count). The predicted octanol–water partition coefficient (Wildman–Crippen LogP) is 3.21. The number of ether oxygens (including phenoxy) is 2. The highest BCUT2D eigenvalue weighted by Crippen LogP contribution is 2.24. The smallest absolute Gasteiger partial charge is 0.263 e. The molecule has 7 heteroatoms. The van der Waals surface area contributed by atoms with Gasteiger partial charge in [-0.3, -0.25) is 9.59 Å². The summed E-state index contributed by atoms with van der Waals surface area (Å²) >= 11 is 6.03. The molecule has 2 aromatic carbocycles. The second-order valence-corrected chi connectivity index (χ2v) is 6.07. The summed E-state index contributed by atoms with van der Waals surface area (Å²) in [6.45, 7) is 1.51. The molecule has 0 saturated heterocycles. The summed E-state index contributed by atoms with van der Waals surface area (Å²) in [6, 6.07) is 13.9. The summed E-state index contributed by atoms with van der Waals surface area (Å²) < 4.78 is 10.7. The molecule has 138 valence electrons. The zero-order valence-electron chi connectivity index (χ0n) is 14.9. The van der Waals surface area contributed by atoms with Crippen molar-refractivity contribution in [2.24, 2.45) is 0 Å². The van der Waals surface area contributed by atoms with Crippen LogP contribution in [-0.2, 0) is 9.59 Å². The Kier molecular flexibility index (Phi) is 6.86. The zero-order valence-corrected chi connectivity index (χ0v) is 15.6. The number of rotatable bonds is 7. The summed E-state index contributed by atoms with van der Waals surface area (Å²) in [6.07, 6.45) is -0.774. The van der Waals surface area contributed by atoms with E-state index in [1.807, 2.05) is 0 Å². The number of anilines is 1. The first kappa shape index (κ1) is 19.6. The Hall–Kier alpha value is -2.73. The van der Waals surface area contributed by atoms with Gasteiger partial charge in [0.05, 0.1) is 18.7 Å². The first-order valence-corrected chi connectivity index (χ1v) is 8.38. The molecule has 0 aliphatic carbocycles. The SMILES string of the molecule is COc1cccc(NC(=O)CN(C)C(=O)C(C)Oc2ccccc2Cl)c1. The van der Waals surface area contributed by atoms with Gasteiger partial charge >= 0.3 is 0 Å². The molecular weight excluding hydrogens is 356 g/mol. The average Bonchev–Trinajstić information content (AvgIpc) is 2.62. The van der Waals surface area contributed by atoms with Gasteiger partial charge in [-0.15, -0.1) is 0 Å². The fraction of sp³-hybridized carbons (Fsp3) is 0.263. The molecule has 0 radical (unpaired) electrons. The van der Waals surface area contributed by atoms with Crippen molar-refractivity contribution in [3.63, 3.8) is 0 Å². The summed E-state index contributed by atoms with van der Waals surface area (Å²) in [7, 11) is 3.09. The molecule has 26 heavy (non-hydrogen) atoms. The van der Waals surface area contributed by atoms with E-state index < -0.39 is 6.10 Å². The van der Waals surface area contributed by atoms with Gasteiger partial charge in [-0.2, -0.15) is 0 Å². The Bertz CT molecular complexity index is 782. The van der Waals surface area contributed by atoms with Gasteiger partial charge in [0, 0.05) is 18.8 Å². The largest absolute Gasteiger partial charge is 0.497 e. The minimum absolute atomic E-state index is 0.105. The molecule has 0 spiro atoms. The molecule has 1 N–H and O–H groups in total. The Morgan fingerprint density at radius 3 is 2.62 bits per heavy atom. The van der Waals surface area contributed by atoms with Crippen molar-refractivity contribution in [2.45, 2.75) is 13.0 Å². The van der Waals surface area contributed by atoms with Crippen molar-refractivity contribution in [1.82, 2.24) is 4.90 Å². The number of amides is 2. The van der Waals surface area contributed by atoms with Crippen LogP contribution >= 0.6 is 11.6 Å². The van der Waals surface area contributed by atoms with Crippen LogP contribution < -0.4 is 14.8 Å². The number of carbonyl (C=O) groups excluding carboxylic acids is 2. The summed E-state index contributed by atoms with van der Waals surface area (Å²) in [4.78, 5) is 25.9. The van der Waals surface area contributed by atoms with Gasteiger partial charge in [-0.25, -0.2) is 0 Å². The van der Waals surface area contributed by atoms with Crippen LogP contribution in [0.1, 0.15) is 6.92 Å². The number of likely N-dealkylation sites (N-methyl/N-ethyl adjacent to an activating group) is 1. The fourth-order valence-corrected chi connectivity index (χ4v) is 2.47. The lowest BCUT2D eigenvalue weighted by atomic mass is 10.3. The number of benzene rings is 2. The molecule has 6 nitrogen and oxygen atoms in total. The van der Waals surface area contributed by atoms with E-state index in [2.05, 4.69) is 5.32 Å². The Labute approximate surface area is 157 Å². The third-order valence-corrected chi connectivity index (χ3v) is 3.91. The number of nitrogens with one attached hydrogen (secondary N) is 1. The van der Waals surface area contributed by atoms with Crippen molar-refractivity contribution in [3.8, 4) is 11.5 Å². The number of nitrogens with zero attached hydrogens (tertiary/aromatic N) is 1. The molecule has 2 amide bonds. The minimum atomic E-state index is -0.774. The maximum absolute atomic E-state index is 12.4. The Morgan fingerprint density at radius 2 is 1.92 bits per heavy atom. The lowest BCUT2D eigenvalue weighted by molar-refractivity contribution is -0.139. The summed E-state index contributed by atoms with van der Waals surface area (Å²) in [5.41, 5.74) is 0.593. The van der Waals surface area contributed by atoms with Crippen LogP contribution in [0.5, 0.6) is 11.5 Å². The highest BCUT2D eigenvalue weighted by Gasteiger charge is 2.21. The first-order chi connectivity index (χ1) is 12.4. The maximum atomic E-state index is 12.4. The van der Waals surface area contributed by atoms with Crippen molar-refractivity contribution < 1.29 is 19.1 Å². The Morgan fingerprint density at radius 1 is 1.19 bits per heavy atom. The molecule has 0 heterocycles. The van der Waals surface area contributed by atoms with Gasteiger partial charge in [0.2, 0.25) is 5.91 Å². The average molecular weight is 377 g/mol. The van der Waals surface area contributed by atoms with Gasteiger partial charge in [-0.1, -0.05) is 29.8 Å². The fourth-order valence-electron chi connectivity index (χ4n) is 2.29. The number of para-hydroxylation sites is 1. The van der Waals surface area contributed by atoms with E-state index in [0.29, 0.717) is 22.2 Å². The van der Waals surface area contributed by atoms with Crippen LogP contribution in [0.2, 0.25) is 5.02 Å². The maximum Gasteiger partial charge on any atom is 0.263 e. The van der Waals surface area contributed by atoms with Crippen LogP contribution in [0, 0.1) is 0 Å². The van der Waals surface area contributed by atoms with Crippen molar-refractivity contribution >= 4 is 29.1 Å². The molecule has 1 unspecified atom stereocenters. The molecule has 0 saturated carbocycles. The van der Waals surface area contributed by atoms with Crippen LogP contribution in [0.4, 0.5) is 5.69 Å². The van der Waals surface area contributed by atoms with Crippen LogP contribution in [0.3, 0.4) is 0 Å². The normalized spacial score (nSPS) is 11.4. The van der Waals surface area contributed by atoms with E-state index in [1.165, 1.54) is 4.90 Å². The van der Waals surface area contributed by atoms with E-state index >= 15 is 0 Å². The van der Waals surface area contributed by atoms with Crippen LogP contribution in [0.25, 0.3) is 0 Å². The standard InChI is InChI=1S/C19H21ClN2O4/c1-13(26-17-10-5-4-9-16(17)20)19(24)22(2)12-18(23)21-14-7-6-8-15(11-14)25-3/h4-11,13H,12H2,1-3H3,(H,21,23). The van der Waals surface area contributed by atoms with E-state index in [4.69, 9.17) is 21.1 Å². The van der Waals surface area contributed by atoms with Gasteiger partial charge in [0.15, 0.2) is 6.10 Å². The third-order valence-electron chi connectivity index (χ3n) is 3.60. The van der Waals surface area contributed by atoms with Crippen molar-refractivity contribution in [1.29, 1.82) is 0 Å². The zero-order chi connectivity index (χ0) is 19.1. The van der Waals surface area contributed by atoms with E-state index in [1.54, 1.807) is 69.6 Å². The Balaban J connectivity index is 1.91. The van der Waals surface area contributed by atoms with E-state index in [-0.39, 0.29) is 18.4 Å². The van der Waals surface area contributed by atoms with Gasteiger partial charge < -0.3 is 19.7 Å². The summed E-state index contributed by atoms with van der Waals surface area (Å²) in [5.74, 6) is 0.406. The number of hydrogen-bond donors (Lipinski definition) is 1. The van der Waals surface area contributed by atoms with E-state index in [0.717, 1.165) is 0 Å². The van der Waals surface area contributed by atoms with Crippen LogP contribution in [0.15, 0.2) is 48.5 Å². The first-order valence-electron chi connectivity index (χ1n) is 8.00.